The topological polar surface area (TPSA) is 58.6 Å². The molecule has 5 heteroatoms. The zero-order valence-corrected chi connectivity index (χ0v) is 9.83. The van der Waals surface area contributed by atoms with Crippen molar-refractivity contribution in [1.82, 2.24) is 10.2 Å². The summed E-state index contributed by atoms with van der Waals surface area (Å²) in [6, 6.07) is 9.32. The molecule has 2 aliphatic rings. The first-order valence-corrected chi connectivity index (χ1v) is 6.03. The minimum atomic E-state index is -0.402. The minimum absolute atomic E-state index is 0.0749. The molecule has 2 fully saturated rings. The van der Waals surface area contributed by atoms with Crippen molar-refractivity contribution in [3.05, 3.63) is 35.9 Å². The summed E-state index contributed by atoms with van der Waals surface area (Å²) < 4.78 is 5.22. The zero-order valence-electron chi connectivity index (χ0n) is 9.83. The number of hydrogen-bond donors (Lipinski definition) is 1. The van der Waals surface area contributed by atoms with Crippen molar-refractivity contribution < 1.29 is 14.3 Å². The van der Waals surface area contributed by atoms with Crippen LogP contribution in [0, 0.1) is 0 Å². The lowest BCUT2D eigenvalue weighted by Gasteiger charge is -2.34. The summed E-state index contributed by atoms with van der Waals surface area (Å²) in [5.41, 5.74) is 0.944. The second-order valence-electron chi connectivity index (χ2n) is 4.58. The molecular weight excluding hydrogens is 232 g/mol. The fourth-order valence-corrected chi connectivity index (χ4v) is 2.45. The molecule has 0 aromatic heterocycles. The van der Waals surface area contributed by atoms with Gasteiger partial charge in [0.1, 0.15) is 12.6 Å². The summed E-state index contributed by atoms with van der Waals surface area (Å²) in [6.45, 7) is 0.830. The molecule has 3 rings (SSSR count). The Labute approximate surface area is 105 Å². The molecule has 0 unspecified atom stereocenters. The van der Waals surface area contributed by atoms with Crippen LogP contribution in [0.1, 0.15) is 12.0 Å². The third kappa shape index (κ3) is 1.81. The van der Waals surface area contributed by atoms with Crippen molar-refractivity contribution in [3.8, 4) is 0 Å². The van der Waals surface area contributed by atoms with E-state index in [1.54, 1.807) is 0 Å². The number of likely N-dealkylation sites (tertiary alicyclic amines) is 1. The maximum atomic E-state index is 11.9. The molecule has 2 aliphatic heterocycles. The van der Waals surface area contributed by atoms with Gasteiger partial charge in [-0.15, -0.1) is 0 Å². The summed E-state index contributed by atoms with van der Waals surface area (Å²) in [5, 5.41) is 2.77. The van der Waals surface area contributed by atoms with Gasteiger partial charge in [-0.25, -0.2) is 4.79 Å². The molecule has 1 N–H and O–H groups in total. The Bertz CT molecular complexity index is 474. The first kappa shape index (κ1) is 11.1. The number of ether oxygens (including phenoxy) is 1. The van der Waals surface area contributed by atoms with Crippen molar-refractivity contribution >= 4 is 12.0 Å². The molecule has 1 aromatic carbocycles. The van der Waals surface area contributed by atoms with Gasteiger partial charge in [0.15, 0.2) is 0 Å². The van der Waals surface area contributed by atoms with Crippen LogP contribution >= 0.6 is 0 Å². The SMILES string of the molecule is O=C1N[C@@H]2CCN(C(=O)OCc3ccccc3)[C@H]12. The number of nitrogens with zero attached hydrogens (tertiary/aromatic N) is 1. The summed E-state index contributed by atoms with van der Waals surface area (Å²) >= 11 is 0. The van der Waals surface area contributed by atoms with E-state index in [1.165, 1.54) is 4.90 Å². The quantitative estimate of drug-likeness (QED) is 0.789. The summed E-state index contributed by atoms with van der Waals surface area (Å²) in [6.07, 6.45) is 0.415. The van der Waals surface area contributed by atoms with Crippen LogP contribution in [0.25, 0.3) is 0 Å². The number of carbonyl (C=O) groups is 2. The van der Waals surface area contributed by atoms with E-state index in [0.717, 1.165) is 12.0 Å². The lowest BCUT2D eigenvalue weighted by molar-refractivity contribution is -0.133. The second-order valence-corrected chi connectivity index (χ2v) is 4.58. The predicted molar refractivity (Wildman–Crippen MR) is 63.7 cm³/mol. The lowest BCUT2D eigenvalue weighted by Crippen LogP contribution is -2.65. The summed E-state index contributed by atoms with van der Waals surface area (Å²) in [7, 11) is 0. The standard InChI is InChI=1S/C13H14N2O3/c16-12-11-10(14-12)6-7-15(11)13(17)18-8-9-4-2-1-3-5-9/h1-5,10-11H,6-8H2,(H,14,16)/t10-,11+/m1/s1. The summed E-state index contributed by atoms with van der Waals surface area (Å²) in [4.78, 5) is 24.7. The van der Waals surface area contributed by atoms with E-state index in [2.05, 4.69) is 5.32 Å². The van der Waals surface area contributed by atoms with Crippen molar-refractivity contribution in [1.29, 1.82) is 0 Å². The van der Waals surface area contributed by atoms with E-state index < -0.39 is 6.09 Å². The Morgan fingerprint density at radius 3 is 2.89 bits per heavy atom. The average Bonchev–Trinajstić information content (AvgIpc) is 2.74. The molecule has 0 radical (unpaired) electrons. The van der Waals surface area contributed by atoms with Crippen molar-refractivity contribution in [2.45, 2.75) is 25.1 Å². The molecule has 2 atom stereocenters. The molecule has 94 valence electrons. The van der Waals surface area contributed by atoms with Crippen LogP contribution in [0.15, 0.2) is 30.3 Å². The van der Waals surface area contributed by atoms with Crippen molar-refractivity contribution in [2.24, 2.45) is 0 Å². The number of fused-ring (bicyclic) bond motifs is 1. The number of carbonyl (C=O) groups excluding carboxylic acids is 2. The Morgan fingerprint density at radius 2 is 2.17 bits per heavy atom. The molecule has 0 saturated carbocycles. The largest absolute Gasteiger partial charge is 0.445 e. The number of benzene rings is 1. The number of rotatable bonds is 2. The monoisotopic (exact) mass is 246 g/mol. The molecule has 0 spiro atoms. The van der Waals surface area contributed by atoms with Gasteiger partial charge in [0.2, 0.25) is 5.91 Å². The van der Waals surface area contributed by atoms with Crippen molar-refractivity contribution in [3.63, 3.8) is 0 Å². The van der Waals surface area contributed by atoms with E-state index in [0.29, 0.717) is 6.54 Å². The van der Waals surface area contributed by atoms with Gasteiger partial charge in [-0.1, -0.05) is 30.3 Å². The van der Waals surface area contributed by atoms with Gasteiger partial charge in [0, 0.05) is 6.54 Å². The number of amides is 2. The Hall–Kier alpha value is -2.04. The highest BCUT2D eigenvalue weighted by atomic mass is 16.6. The maximum Gasteiger partial charge on any atom is 0.410 e. The van der Waals surface area contributed by atoms with Gasteiger partial charge in [-0.05, 0) is 12.0 Å². The molecule has 2 heterocycles. The van der Waals surface area contributed by atoms with Crippen LogP contribution in [0.4, 0.5) is 4.79 Å². The van der Waals surface area contributed by atoms with E-state index in [4.69, 9.17) is 4.74 Å². The van der Waals surface area contributed by atoms with Crippen molar-refractivity contribution in [2.75, 3.05) is 6.54 Å². The van der Waals surface area contributed by atoms with Crippen LogP contribution in [0.3, 0.4) is 0 Å². The fraction of sp³-hybridized carbons (Fsp3) is 0.385. The molecule has 5 nitrogen and oxygen atoms in total. The lowest BCUT2D eigenvalue weighted by atomic mass is 10.0. The number of nitrogens with one attached hydrogen (secondary N) is 1. The molecule has 18 heavy (non-hydrogen) atoms. The Morgan fingerprint density at radius 1 is 1.39 bits per heavy atom. The maximum absolute atomic E-state index is 11.9. The first-order chi connectivity index (χ1) is 8.75. The third-order valence-corrected chi connectivity index (χ3v) is 3.43. The molecule has 0 bridgehead atoms. The number of β-lactam (4-membered cyclic amide) rings is 1. The predicted octanol–water partition coefficient (Wildman–Crippen LogP) is 0.896. The molecular formula is C13H14N2O3. The van der Waals surface area contributed by atoms with E-state index >= 15 is 0 Å². The number of hydrogen-bond acceptors (Lipinski definition) is 3. The first-order valence-electron chi connectivity index (χ1n) is 6.03. The van der Waals surface area contributed by atoms with Gasteiger partial charge in [0.05, 0.1) is 6.04 Å². The van der Waals surface area contributed by atoms with Crippen LogP contribution in [0.2, 0.25) is 0 Å². The normalized spacial score (nSPS) is 25.1. The van der Waals surface area contributed by atoms with Gasteiger partial charge in [-0.3, -0.25) is 9.69 Å². The second kappa shape index (κ2) is 4.33. The van der Waals surface area contributed by atoms with Crippen LogP contribution in [-0.2, 0) is 16.1 Å². The average molecular weight is 246 g/mol. The van der Waals surface area contributed by atoms with Gasteiger partial charge >= 0.3 is 6.09 Å². The third-order valence-electron chi connectivity index (χ3n) is 3.43. The fourth-order valence-electron chi connectivity index (χ4n) is 2.45. The van der Waals surface area contributed by atoms with Gasteiger partial charge in [-0.2, -0.15) is 0 Å². The molecule has 0 aliphatic carbocycles. The van der Waals surface area contributed by atoms with E-state index in [-0.39, 0.29) is 24.6 Å². The minimum Gasteiger partial charge on any atom is -0.445 e. The molecule has 2 saturated heterocycles. The van der Waals surface area contributed by atoms with Crippen LogP contribution in [-0.4, -0.2) is 35.5 Å². The van der Waals surface area contributed by atoms with Crippen LogP contribution < -0.4 is 5.32 Å². The molecule has 2 amide bonds. The Balaban J connectivity index is 1.57. The van der Waals surface area contributed by atoms with E-state index in [9.17, 15) is 9.59 Å². The van der Waals surface area contributed by atoms with Gasteiger partial charge in [0.25, 0.3) is 0 Å². The highest BCUT2D eigenvalue weighted by Gasteiger charge is 2.50. The zero-order chi connectivity index (χ0) is 12.5. The van der Waals surface area contributed by atoms with E-state index in [1.807, 2.05) is 30.3 Å². The van der Waals surface area contributed by atoms with Crippen LogP contribution in [0.5, 0.6) is 0 Å². The van der Waals surface area contributed by atoms with Gasteiger partial charge < -0.3 is 10.1 Å². The highest BCUT2D eigenvalue weighted by molar-refractivity contribution is 5.93. The molecule has 1 aromatic rings. The smallest absolute Gasteiger partial charge is 0.410 e. The summed E-state index contributed by atoms with van der Waals surface area (Å²) in [5.74, 6) is -0.0749. The Kier molecular flexibility index (Phi) is 2.66. The highest BCUT2D eigenvalue weighted by Crippen LogP contribution is 2.25.